The monoisotopic (exact) mass is 422 g/mol. The second-order valence-corrected chi connectivity index (χ2v) is 8.69. The second kappa shape index (κ2) is 8.40. The van der Waals surface area contributed by atoms with E-state index in [1.54, 1.807) is 12.1 Å². The van der Waals surface area contributed by atoms with Gasteiger partial charge in [0.15, 0.2) is 0 Å². The number of amides is 2. The predicted octanol–water partition coefficient (Wildman–Crippen LogP) is 2.21. The molecule has 2 aliphatic heterocycles. The van der Waals surface area contributed by atoms with E-state index in [1.807, 2.05) is 28.0 Å². The van der Waals surface area contributed by atoms with Crippen LogP contribution in [0.3, 0.4) is 0 Å². The first kappa shape index (κ1) is 20.2. The van der Waals surface area contributed by atoms with E-state index in [0.717, 1.165) is 12.0 Å². The van der Waals surface area contributed by atoms with E-state index in [9.17, 15) is 14.0 Å². The summed E-state index contributed by atoms with van der Waals surface area (Å²) >= 11 is 0. The Morgan fingerprint density at radius 3 is 2.10 bits per heavy atom. The zero-order valence-corrected chi connectivity index (χ0v) is 17.3. The number of nitrogens with zero attached hydrogens (tertiary/aromatic N) is 2. The van der Waals surface area contributed by atoms with Crippen LogP contribution in [-0.2, 0) is 9.59 Å². The number of hydrogen-bond acceptors (Lipinski definition) is 4. The first-order valence-corrected chi connectivity index (χ1v) is 11.0. The van der Waals surface area contributed by atoms with E-state index in [2.05, 4.69) is 23.0 Å². The lowest BCUT2D eigenvalue weighted by Gasteiger charge is -2.36. The maximum Gasteiger partial charge on any atom is 0.241 e. The summed E-state index contributed by atoms with van der Waals surface area (Å²) in [7, 11) is 0. The van der Waals surface area contributed by atoms with Crippen molar-refractivity contribution in [2.45, 2.75) is 30.8 Å². The molecule has 0 spiro atoms. The van der Waals surface area contributed by atoms with Crippen molar-refractivity contribution in [3.63, 3.8) is 0 Å². The predicted molar refractivity (Wildman–Crippen MR) is 114 cm³/mol. The zero-order valence-electron chi connectivity index (χ0n) is 17.3. The number of rotatable bonds is 4. The van der Waals surface area contributed by atoms with Gasteiger partial charge in [0.2, 0.25) is 11.8 Å². The molecule has 2 aromatic rings. The molecule has 4 atom stereocenters. The molecule has 1 saturated carbocycles. The fourth-order valence-electron chi connectivity index (χ4n) is 4.77. The maximum absolute atomic E-state index is 13.1. The number of hydrogen-bond donors (Lipinski definition) is 2. The average Bonchev–Trinajstić information content (AvgIpc) is 3.47. The smallest absolute Gasteiger partial charge is 0.241 e. The first-order valence-electron chi connectivity index (χ1n) is 11.0. The quantitative estimate of drug-likeness (QED) is 0.793. The Hall–Kier alpha value is -2.77. The van der Waals surface area contributed by atoms with Crippen LogP contribution in [0.15, 0.2) is 54.6 Å². The Morgan fingerprint density at radius 1 is 0.774 bits per heavy atom. The standard InChI is InChI=1S/C24H27FN4O2/c25-18-8-6-17(7-9-18)21-15-22(27-26-21)24(31)29-12-10-28(11-13-29)23(30)20-14-19(20)16-4-2-1-3-5-16/h1-9,19-22,26-27H,10-15H2. The second-order valence-electron chi connectivity index (χ2n) is 8.69. The molecule has 0 aromatic heterocycles. The van der Waals surface area contributed by atoms with Gasteiger partial charge in [0.05, 0.1) is 0 Å². The van der Waals surface area contributed by atoms with Crippen molar-refractivity contribution in [1.29, 1.82) is 0 Å². The van der Waals surface area contributed by atoms with Crippen LogP contribution >= 0.6 is 0 Å². The minimum Gasteiger partial charge on any atom is -0.339 e. The third-order valence-corrected chi connectivity index (χ3v) is 6.71. The maximum atomic E-state index is 13.1. The summed E-state index contributed by atoms with van der Waals surface area (Å²) in [5, 5.41) is 0. The highest BCUT2D eigenvalue weighted by molar-refractivity contribution is 5.84. The zero-order chi connectivity index (χ0) is 21.4. The fourth-order valence-corrected chi connectivity index (χ4v) is 4.77. The molecule has 0 radical (unpaired) electrons. The Balaban J connectivity index is 1.11. The van der Waals surface area contributed by atoms with Gasteiger partial charge in [-0.15, -0.1) is 0 Å². The van der Waals surface area contributed by atoms with Gasteiger partial charge in [0.25, 0.3) is 0 Å². The highest BCUT2D eigenvalue weighted by Crippen LogP contribution is 2.48. The average molecular weight is 423 g/mol. The lowest BCUT2D eigenvalue weighted by molar-refractivity contribution is -0.141. The molecule has 5 rings (SSSR count). The van der Waals surface area contributed by atoms with Gasteiger partial charge in [-0.1, -0.05) is 42.5 Å². The van der Waals surface area contributed by atoms with Crippen LogP contribution in [0.1, 0.15) is 35.9 Å². The van der Waals surface area contributed by atoms with Gasteiger partial charge in [0.1, 0.15) is 11.9 Å². The van der Waals surface area contributed by atoms with E-state index in [1.165, 1.54) is 17.7 Å². The van der Waals surface area contributed by atoms with Crippen LogP contribution in [0.4, 0.5) is 4.39 Å². The summed E-state index contributed by atoms with van der Waals surface area (Å²) < 4.78 is 13.1. The fraction of sp³-hybridized carbons (Fsp3) is 0.417. The molecule has 3 aliphatic rings. The topological polar surface area (TPSA) is 64.7 Å². The van der Waals surface area contributed by atoms with Gasteiger partial charge >= 0.3 is 0 Å². The van der Waals surface area contributed by atoms with Crippen molar-refractivity contribution < 1.29 is 14.0 Å². The molecule has 2 saturated heterocycles. The number of halogens is 1. The van der Waals surface area contributed by atoms with Crippen LogP contribution < -0.4 is 10.9 Å². The molecule has 3 fully saturated rings. The molecule has 2 heterocycles. The minimum atomic E-state index is -0.316. The summed E-state index contributed by atoms with van der Waals surface area (Å²) in [6.07, 6.45) is 1.54. The van der Waals surface area contributed by atoms with E-state index >= 15 is 0 Å². The van der Waals surface area contributed by atoms with Crippen molar-refractivity contribution in [2.75, 3.05) is 26.2 Å². The summed E-state index contributed by atoms with van der Waals surface area (Å²) in [6, 6.07) is 16.2. The summed E-state index contributed by atoms with van der Waals surface area (Å²) in [5.41, 5.74) is 8.43. The first-order chi connectivity index (χ1) is 15.1. The SMILES string of the molecule is O=C(C1CC(c2ccc(F)cc2)NN1)N1CCN(C(=O)C2CC2c2ccccc2)CC1. The Morgan fingerprint density at radius 2 is 1.42 bits per heavy atom. The Labute approximate surface area is 181 Å². The van der Waals surface area contributed by atoms with Gasteiger partial charge in [-0.3, -0.25) is 9.59 Å². The molecular formula is C24H27FN4O2. The van der Waals surface area contributed by atoms with Crippen molar-refractivity contribution in [3.8, 4) is 0 Å². The summed E-state index contributed by atoms with van der Waals surface area (Å²) in [4.78, 5) is 29.6. The van der Waals surface area contributed by atoms with Crippen LogP contribution in [0, 0.1) is 11.7 Å². The number of carbonyl (C=O) groups excluding carboxylic acids is 2. The lowest BCUT2D eigenvalue weighted by atomic mass is 10.0. The third kappa shape index (κ3) is 4.20. The van der Waals surface area contributed by atoms with E-state index in [0.29, 0.717) is 38.5 Å². The van der Waals surface area contributed by atoms with Gasteiger partial charge < -0.3 is 9.80 Å². The van der Waals surface area contributed by atoms with Gasteiger partial charge in [0, 0.05) is 38.1 Å². The lowest BCUT2D eigenvalue weighted by Crippen LogP contribution is -2.55. The molecular weight excluding hydrogens is 395 g/mol. The van der Waals surface area contributed by atoms with Crippen molar-refractivity contribution >= 4 is 11.8 Å². The van der Waals surface area contributed by atoms with Crippen molar-refractivity contribution in [2.24, 2.45) is 5.92 Å². The van der Waals surface area contributed by atoms with Gasteiger partial charge in [-0.05, 0) is 42.0 Å². The van der Waals surface area contributed by atoms with Crippen LogP contribution in [0.2, 0.25) is 0 Å². The largest absolute Gasteiger partial charge is 0.339 e. The molecule has 2 N–H and O–H groups in total. The number of hydrazine groups is 1. The van der Waals surface area contributed by atoms with Crippen LogP contribution in [0.5, 0.6) is 0 Å². The Bertz CT molecular complexity index is 944. The normalized spacial score (nSPS) is 27.9. The minimum absolute atomic E-state index is 0.0257. The molecule has 2 amide bonds. The molecule has 31 heavy (non-hydrogen) atoms. The van der Waals surface area contributed by atoms with Crippen molar-refractivity contribution in [1.82, 2.24) is 20.7 Å². The molecule has 4 unspecified atom stereocenters. The third-order valence-electron chi connectivity index (χ3n) is 6.71. The molecule has 6 nitrogen and oxygen atoms in total. The highest BCUT2D eigenvalue weighted by Gasteiger charge is 2.46. The number of carbonyl (C=O) groups is 2. The molecule has 162 valence electrons. The number of piperazine rings is 1. The highest BCUT2D eigenvalue weighted by atomic mass is 19.1. The van der Waals surface area contributed by atoms with Crippen molar-refractivity contribution in [3.05, 3.63) is 71.5 Å². The van der Waals surface area contributed by atoms with Crippen LogP contribution in [0.25, 0.3) is 0 Å². The van der Waals surface area contributed by atoms with E-state index in [-0.39, 0.29) is 35.6 Å². The Kier molecular flexibility index (Phi) is 5.46. The summed E-state index contributed by atoms with van der Waals surface area (Å²) in [5.74, 6) is 0.430. The summed E-state index contributed by atoms with van der Waals surface area (Å²) in [6.45, 7) is 2.30. The van der Waals surface area contributed by atoms with Gasteiger partial charge in [-0.2, -0.15) is 0 Å². The van der Waals surface area contributed by atoms with E-state index < -0.39 is 0 Å². The molecule has 2 aromatic carbocycles. The molecule has 0 bridgehead atoms. The van der Waals surface area contributed by atoms with Crippen LogP contribution in [-0.4, -0.2) is 53.8 Å². The number of nitrogens with one attached hydrogen (secondary N) is 2. The number of benzene rings is 2. The molecule has 1 aliphatic carbocycles. The van der Waals surface area contributed by atoms with E-state index in [4.69, 9.17) is 0 Å². The van der Waals surface area contributed by atoms with Gasteiger partial charge in [-0.25, -0.2) is 15.2 Å². The molecule has 7 heteroatoms.